The van der Waals surface area contributed by atoms with Gasteiger partial charge in [-0.3, -0.25) is 0 Å². The van der Waals surface area contributed by atoms with Gasteiger partial charge in [0.15, 0.2) is 11.9 Å². The summed E-state index contributed by atoms with van der Waals surface area (Å²) >= 11 is 0. The molecule has 112 valence electrons. The van der Waals surface area contributed by atoms with Gasteiger partial charge in [-0.1, -0.05) is 41.6 Å². The predicted octanol–water partition coefficient (Wildman–Crippen LogP) is 2.29. The number of allylic oxidation sites excluding steroid dienone is 5. The number of aliphatic hydroxyl groups excluding tert-OH is 1. The number of nitrogens with zero attached hydrogens (tertiary/aromatic N) is 1. The third kappa shape index (κ3) is 2.84. The molecule has 0 aromatic heterocycles. The Kier molecular flexibility index (Phi) is 3.89. The number of carbonyl (C=O) groups is 1. The Morgan fingerprint density at radius 2 is 2.09 bits per heavy atom. The second-order valence-electron chi connectivity index (χ2n) is 5.14. The number of hydrogen-bond acceptors (Lipinski definition) is 4. The summed E-state index contributed by atoms with van der Waals surface area (Å²) in [5.41, 5.74) is 3.83. The third-order valence-corrected chi connectivity index (χ3v) is 3.64. The second kappa shape index (κ2) is 5.99. The zero-order chi connectivity index (χ0) is 15.5. The standard InChI is InChI=1S/C17H15NO4/c19-15(17(20)21)9-11-5-7-12(8-6-11)14-10-18-22-16-4-2-1-3-13(14)16/h1-2,4-8,10,15,19H,3,9H2,(H,20,21). The van der Waals surface area contributed by atoms with Crippen LogP contribution in [0.1, 0.15) is 17.5 Å². The molecular formula is C17H15NO4. The number of aliphatic hydroxyl groups is 1. The number of benzene rings is 1. The number of rotatable bonds is 4. The molecule has 0 radical (unpaired) electrons. The first-order valence-electron chi connectivity index (χ1n) is 6.96. The zero-order valence-corrected chi connectivity index (χ0v) is 11.8. The van der Waals surface area contributed by atoms with E-state index in [0.29, 0.717) is 0 Å². The van der Waals surface area contributed by atoms with Crippen LogP contribution in [0.25, 0.3) is 5.57 Å². The average molecular weight is 297 g/mol. The van der Waals surface area contributed by atoms with Gasteiger partial charge in [0.05, 0.1) is 6.21 Å². The van der Waals surface area contributed by atoms with E-state index in [2.05, 4.69) is 11.2 Å². The summed E-state index contributed by atoms with van der Waals surface area (Å²) < 4.78 is 0. The molecule has 2 aliphatic rings. The Morgan fingerprint density at radius 3 is 2.82 bits per heavy atom. The van der Waals surface area contributed by atoms with Crippen molar-refractivity contribution in [1.29, 1.82) is 0 Å². The Bertz CT molecular complexity index is 711. The van der Waals surface area contributed by atoms with E-state index in [1.807, 2.05) is 36.4 Å². The van der Waals surface area contributed by atoms with Crippen LogP contribution >= 0.6 is 0 Å². The summed E-state index contributed by atoms with van der Waals surface area (Å²) in [6.07, 6.45) is 7.06. The zero-order valence-electron chi connectivity index (χ0n) is 11.8. The van der Waals surface area contributed by atoms with Crippen LogP contribution in [-0.2, 0) is 16.1 Å². The van der Waals surface area contributed by atoms with E-state index in [4.69, 9.17) is 9.94 Å². The Labute approximate surface area is 127 Å². The van der Waals surface area contributed by atoms with Gasteiger partial charge in [0.25, 0.3) is 0 Å². The molecule has 0 bridgehead atoms. The minimum absolute atomic E-state index is 0.0899. The summed E-state index contributed by atoms with van der Waals surface area (Å²) in [6.45, 7) is 0. The summed E-state index contributed by atoms with van der Waals surface area (Å²) in [5, 5.41) is 22.0. The van der Waals surface area contributed by atoms with Crippen molar-refractivity contribution in [2.75, 3.05) is 0 Å². The van der Waals surface area contributed by atoms with Gasteiger partial charge in [-0.25, -0.2) is 4.79 Å². The summed E-state index contributed by atoms with van der Waals surface area (Å²) in [4.78, 5) is 15.9. The highest BCUT2D eigenvalue weighted by atomic mass is 16.6. The van der Waals surface area contributed by atoms with Gasteiger partial charge in [-0.2, -0.15) is 0 Å². The van der Waals surface area contributed by atoms with Crippen LogP contribution in [0.15, 0.2) is 59.0 Å². The molecule has 0 amide bonds. The fraction of sp³-hybridized carbons (Fsp3) is 0.176. The molecule has 0 spiro atoms. The molecule has 0 saturated heterocycles. The summed E-state index contributed by atoms with van der Waals surface area (Å²) in [5.74, 6) is -0.459. The number of hydrogen-bond donors (Lipinski definition) is 2. The van der Waals surface area contributed by atoms with Crippen LogP contribution in [0.5, 0.6) is 0 Å². The second-order valence-corrected chi connectivity index (χ2v) is 5.14. The average Bonchev–Trinajstić information content (AvgIpc) is 2.55. The van der Waals surface area contributed by atoms with E-state index < -0.39 is 12.1 Å². The molecule has 1 aliphatic carbocycles. The van der Waals surface area contributed by atoms with Crippen LogP contribution in [0, 0.1) is 0 Å². The maximum atomic E-state index is 10.7. The summed E-state index contributed by atoms with van der Waals surface area (Å²) in [7, 11) is 0. The van der Waals surface area contributed by atoms with Gasteiger partial charge in [-0.05, 0) is 23.6 Å². The van der Waals surface area contributed by atoms with Crippen LogP contribution in [0.4, 0.5) is 0 Å². The molecule has 5 nitrogen and oxygen atoms in total. The molecule has 2 N–H and O–H groups in total. The van der Waals surface area contributed by atoms with Crippen LogP contribution in [0.2, 0.25) is 0 Å². The number of carboxylic acids is 1. The first-order chi connectivity index (χ1) is 10.6. The SMILES string of the molecule is O=C(O)C(O)Cc1ccc(C2=C3CC=CC=C3ON=C2)cc1. The molecule has 1 heterocycles. The Balaban J connectivity index is 1.85. The first-order valence-corrected chi connectivity index (χ1v) is 6.96. The normalized spacial score (nSPS) is 17.6. The van der Waals surface area contributed by atoms with Gasteiger partial charge in [-0.15, -0.1) is 0 Å². The lowest BCUT2D eigenvalue weighted by Gasteiger charge is -2.19. The van der Waals surface area contributed by atoms with Crippen molar-refractivity contribution in [3.8, 4) is 0 Å². The maximum absolute atomic E-state index is 10.7. The van der Waals surface area contributed by atoms with E-state index in [-0.39, 0.29) is 6.42 Å². The van der Waals surface area contributed by atoms with Crippen molar-refractivity contribution >= 4 is 17.8 Å². The Hall–Kier alpha value is -2.66. The molecule has 0 fully saturated rings. The van der Waals surface area contributed by atoms with Crippen molar-refractivity contribution in [2.45, 2.75) is 18.9 Å². The van der Waals surface area contributed by atoms with Crippen molar-refractivity contribution in [1.82, 2.24) is 0 Å². The lowest BCUT2D eigenvalue weighted by Crippen LogP contribution is -2.21. The van der Waals surface area contributed by atoms with Crippen LogP contribution in [-0.4, -0.2) is 28.5 Å². The highest BCUT2D eigenvalue weighted by Crippen LogP contribution is 2.31. The molecule has 22 heavy (non-hydrogen) atoms. The molecule has 1 aliphatic heterocycles. The molecule has 1 unspecified atom stereocenters. The fourth-order valence-electron chi connectivity index (χ4n) is 2.46. The van der Waals surface area contributed by atoms with Crippen molar-refractivity contribution < 1.29 is 19.8 Å². The van der Waals surface area contributed by atoms with Crippen LogP contribution in [0.3, 0.4) is 0 Å². The van der Waals surface area contributed by atoms with E-state index in [0.717, 1.165) is 34.5 Å². The smallest absolute Gasteiger partial charge is 0.332 e. The lowest BCUT2D eigenvalue weighted by molar-refractivity contribution is -0.146. The molecule has 3 rings (SSSR count). The maximum Gasteiger partial charge on any atom is 0.332 e. The monoisotopic (exact) mass is 297 g/mol. The van der Waals surface area contributed by atoms with Gasteiger partial charge >= 0.3 is 5.97 Å². The predicted molar refractivity (Wildman–Crippen MR) is 82.1 cm³/mol. The first kappa shape index (κ1) is 14.3. The number of fused-ring (bicyclic) bond motifs is 1. The molecule has 1 aromatic rings. The Morgan fingerprint density at radius 1 is 1.32 bits per heavy atom. The lowest BCUT2D eigenvalue weighted by atomic mass is 9.93. The molecule has 5 heteroatoms. The topological polar surface area (TPSA) is 79.1 Å². The van der Waals surface area contributed by atoms with Crippen molar-refractivity contribution in [3.63, 3.8) is 0 Å². The van der Waals surface area contributed by atoms with Crippen LogP contribution < -0.4 is 0 Å². The fourth-order valence-corrected chi connectivity index (χ4v) is 2.46. The number of aliphatic carboxylic acids is 1. The molecular weight excluding hydrogens is 282 g/mol. The minimum Gasteiger partial charge on any atom is -0.479 e. The summed E-state index contributed by atoms with van der Waals surface area (Å²) in [6, 6.07) is 7.44. The molecule has 1 atom stereocenters. The van der Waals surface area contributed by atoms with E-state index in [1.54, 1.807) is 6.21 Å². The van der Waals surface area contributed by atoms with Gasteiger partial charge in [0, 0.05) is 17.6 Å². The third-order valence-electron chi connectivity index (χ3n) is 3.64. The highest BCUT2D eigenvalue weighted by Gasteiger charge is 2.19. The number of oxime groups is 1. The quantitative estimate of drug-likeness (QED) is 0.893. The number of carboxylic acid groups (broad SMARTS) is 1. The van der Waals surface area contributed by atoms with E-state index >= 15 is 0 Å². The van der Waals surface area contributed by atoms with Gasteiger partial charge in [0.2, 0.25) is 0 Å². The molecule has 1 aromatic carbocycles. The van der Waals surface area contributed by atoms with Crippen molar-refractivity contribution in [2.24, 2.45) is 5.16 Å². The highest BCUT2D eigenvalue weighted by molar-refractivity contribution is 6.12. The minimum atomic E-state index is -1.38. The molecule has 0 saturated carbocycles. The van der Waals surface area contributed by atoms with Gasteiger partial charge in [0.1, 0.15) is 0 Å². The van der Waals surface area contributed by atoms with E-state index in [9.17, 15) is 9.90 Å². The largest absolute Gasteiger partial charge is 0.479 e. The van der Waals surface area contributed by atoms with E-state index in [1.165, 1.54) is 0 Å². The van der Waals surface area contributed by atoms with Crippen molar-refractivity contribution in [3.05, 3.63) is 65.0 Å². The van der Waals surface area contributed by atoms with Gasteiger partial charge < -0.3 is 15.1 Å².